The average Bonchev–Trinajstić information content (AvgIpc) is 3.60. The van der Waals surface area contributed by atoms with Crippen LogP contribution in [0.3, 0.4) is 0 Å². The Morgan fingerprint density at radius 3 is 2.54 bits per heavy atom. The molecule has 39 heavy (non-hydrogen) atoms. The molecule has 1 aliphatic heterocycles. The number of hydrogen-bond donors (Lipinski definition) is 0. The molecule has 0 atom stereocenters. The summed E-state index contributed by atoms with van der Waals surface area (Å²) in [5.74, 6) is 3.35. The fraction of sp³-hybridized carbons (Fsp3) is 0.0312. The number of pyridine rings is 2. The lowest BCUT2D eigenvalue weighted by molar-refractivity contribution is 0.483. The van der Waals surface area contributed by atoms with Gasteiger partial charge in [-0.1, -0.05) is 24.3 Å². The molecule has 3 aromatic carbocycles. The number of benzene rings is 3. The summed E-state index contributed by atoms with van der Waals surface area (Å²) < 4.78 is 10.7. The third-order valence-electron chi connectivity index (χ3n) is 7.23. The van der Waals surface area contributed by atoms with Crippen molar-refractivity contribution in [2.75, 3.05) is 4.90 Å². The third-order valence-corrected chi connectivity index (χ3v) is 7.23. The first-order valence-corrected chi connectivity index (χ1v) is 12.8. The van der Waals surface area contributed by atoms with Gasteiger partial charge in [0.2, 0.25) is 0 Å². The maximum absolute atomic E-state index is 6.45. The van der Waals surface area contributed by atoms with E-state index in [0.29, 0.717) is 6.67 Å². The Kier molecular flexibility index (Phi) is 4.75. The van der Waals surface area contributed by atoms with Crippen LogP contribution in [0, 0.1) is 0 Å². The number of imidazole rings is 1. The highest BCUT2D eigenvalue weighted by atomic mass is 16.5. The van der Waals surface area contributed by atoms with Crippen molar-refractivity contribution in [3.63, 3.8) is 0 Å². The van der Waals surface area contributed by atoms with Crippen molar-refractivity contribution in [1.29, 1.82) is 0 Å². The van der Waals surface area contributed by atoms with Gasteiger partial charge in [0.1, 0.15) is 29.8 Å². The summed E-state index contributed by atoms with van der Waals surface area (Å²) in [6.45, 7) is 0.681. The van der Waals surface area contributed by atoms with E-state index in [9.17, 15) is 0 Å². The highest BCUT2D eigenvalue weighted by molar-refractivity contribution is 6.09. The van der Waals surface area contributed by atoms with Crippen molar-refractivity contribution in [2.24, 2.45) is 0 Å². The van der Waals surface area contributed by atoms with Crippen LogP contribution >= 0.6 is 0 Å². The Morgan fingerprint density at radius 2 is 1.59 bits per heavy atom. The number of nitrogens with zero attached hydrogens (tertiary/aromatic N) is 6. The fourth-order valence-corrected chi connectivity index (χ4v) is 5.51. The van der Waals surface area contributed by atoms with E-state index in [1.54, 1.807) is 6.20 Å². The van der Waals surface area contributed by atoms with Gasteiger partial charge in [0.15, 0.2) is 0 Å². The molecule has 0 spiro atoms. The quantitative estimate of drug-likeness (QED) is 0.250. The number of ether oxygens (including phenoxy) is 1. The highest BCUT2D eigenvalue weighted by Crippen LogP contribution is 2.40. The summed E-state index contributed by atoms with van der Waals surface area (Å²) >= 11 is 0. The van der Waals surface area contributed by atoms with E-state index in [1.807, 2.05) is 67.3 Å². The summed E-state index contributed by atoms with van der Waals surface area (Å²) in [7, 11) is 0. The van der Waals surface area contributed by atoms with Gasteiger partial charge in [-0.3, -0.25) is 9.55 Å². The van der Waals surface area contributed by atoms with Gasteiger partial charge in [0, 0.05) is 58.9 Å². The predicted molar refractivity (Wildman–Crippen MR) is 153 cm³/mol. The molecule has 1 aliphatic rings. The molecule has 0 aliphatic carbocycles. The van der Waals surface area contributed by atoms with Gasteiger partial charge in [-0.05, 0) is 54.6 Å². The van der Waals surface area contributed by atoms with E-state index in [0.717, 1.165) is 61.9 Å². The molecule has 4 aromatic heterocycles. The predicted octanol–water partition coefficient (Wildman–Crippen LogP) is 7.34. The number of hydrogen-bond acceptors (Lipinski definition) is 5. The van der Waals surface area contributed by atoms with Gasteiger partial charge < -0.3 is 14.2 Å². The molecular formula is C32H22N6O. The Morgan fingerprint density at radius 1 is 0.692 bits per heavy atom. The van der Waals surface area contributed by atoms with Gasteiger partial charge in [-0.2, -0.15) is 0 Å². The lowest BCUT2D eigenvalue weighted by Gasteiger charge is -2.32. The molecule has 0 unspecified atom stereocenters. The summed E-state index contributed by atoms with van der Waals surface area (Å²) in [4.78, 5) is 15.8. The van der Waals surface area contributed by atoms with E-state index in [4.69, 9.17) is 4.74 Å². The molecule has 8 rings (SSSR count). The van der Waals surface area contributed by atoms with Crippen LogP contribution in [0.1, 0.15) is 0 Å². The van der Waals surface area contributed by atoms with E-state index >= 15 is 0 Å². The van der Waals surface area contributed by atoms with Crippen LogP contribution in [-0.4, -0.2) is 24.1 Å². The zero-order valence-corrected chi connectivity index (χ0v) is 20.8. The summed E-state index contributed by atoms with van der Waals surface area (Å²) in [6, 6.07) is 30.8. The molecule has 0 bridgehead atoms. The van der Waals surface area contributed by atoms with Crippen molar-refractivity contribution in [1.82, 2.24) is 24.1 Å². The molecule has 0 saturated carbocycles. The maximum Gasteiger partial charge on any atom is 0.143 e. The number of para-hydroxylation sites is 1. The highest BCUT2D eigenvalue weighted by Gasteiger charge is 2.23. The minimum Gasteiger partial charge on any atom is -0.457 e. The lowest BCUT2D eigenvalue weighted by Crippen LogP contribution is -2.25. The molecule has 0 saturated heterocycles. The monoisotopic (exact) mass is 506 g/mol. The van der Waals surface area contributed by atoms with Crippen molar-refractivity contribution in [3.05, 3.63) is 122 Å². The molecule has 0 N–H and O–H groups in total. The minimum absolute atomic E-state index is 0.681. The maximum atomic E-state index is 6.45. The molecule has 186 valence electrons. The molecule has 5 heterocycles. The van der Waals surface area contributed by atoms with Crippen molar-refractivity contribution in [3.8, 4) is 28.7 Å². The van der Waals surface area contributed by atoms with E-state index in [-0.39, 0.29) is 0 Å². The van der Waals surface area contributed by atoms with Gasteiger partial charge in [-0.15, -0.1) is 0 Å². The Bertz CT molecular complexity index is 1990. The Balaban J connectivity index is 1.19. The average molecular weight is 507 g/mol. The van der Waals surface area contributed by atoms with Crippen LogP contribution in [0.4, 0.5) is 11.4 Å². The van der Waals surface area contributed by atoms with Gasteiger partial charge >= 0.3 is 0 Å². The Labute approximate surface area is 224 Å². The van der Waals surface area contributed by atoms with Crippen molar-refractivity contribution in [2.45, 2.75) is 6.67 Å². The van der Waals surface area contributed by atoms with Crippen LogP contribution in [0.2, 0.25) is 0 Å². The van der Waals surface area contributed by atoms with E-state index in [1.165, 1.54) is 0 Å². The summed E-state index contributed by atoms with van der Waals surface area (Å²) in [5.41, 5.74) is 5.32. The molecule has 7 nitrogen and oxygen atoms in total. The molecule has 7 heteroatoms. The second-order valence-corrected chi connectivity index (χ2v) is 9.50. The van der Waals surface area contributed by atoms with Crippen LogP contribution in [-0.2, 0) is 6.67 Å². The third kappa shape index (κ3) is 3.48. The second kappa shape index (κ2) is 8.56. The molecule has 0 fully saturated rings. The number of aromatic nitrogens is 5. The first-order valence-electron chi connectivity index (χ1n) is 12.8. The SMILES string of the molecule is c1ccc(-n2c3cnccc3c3ccc(Oc4cccc(N5Cn6ccnc6-c6ccccc65)c4)cc32)nc1. The van der Waals surface area contributed by atoms with Crippen LogP contribution in [0.15, 0.2) is 122 Å². The molecule has 0 radical (unpaired) electrons. The first kappa shape index (κ1) is 21.6. The largest absolute Gasteiger partial charge is 0.457 e. The minimum atomic E-state index is 0.681. The lowest BCUT2D eigenvalue weighted by atomic mass is 10.1. The molecule has 7 aromatic rings. The van der Waals surface area contributed by atoms with Gasteiger partial charge in [0.25, 0.3) is 0 Å². The van der Waals surface area contributed by atoms with E-state index in [2.05, 4.69) is 77.5 Å². The zero-order valence-electron chi connectivity index (χ0n) is 20.8. The second-order valence-electron chi connectivity index (χ2n) is 9.50. The normalized spacial score (nSPS) is 12.5. The number of anilines is 2. The van der Waals surface area contributed by atoms with Gasteiger partial charge in [-0.25, -0.2) is 9.97 Å². The van der Waals surface area contributed by atoms with E-state index < -0.39 is 0 Å². The first-order chi connectivity index (χ1) is 19.3. The summed E-state index contributed by atoms with van der Waals surface area (Å²) in [6.07, 6.45) is 9.39. The van der Waals surface area contributed by atoms with Crippen molar-refractivity contribution >= 4 is 33.2 Å². The Hall–Kier alpha value is -5.43. The van der Waals surface area contributed by atoms with Crippen LogP contribution < -0.4 is 9.64 Å². The smallest absolute Gasteiger partial charge is 0.143 e. The fourth-order valence-electron chi connectivity index (χ4n) is 5.51. The standard InChI is InChI=1S/C32H22N6O/c1-2-9-28-27(8-1)32-35-16-17-36(32)21-37(28)22-6-5-7-23(18-22)39-24-11-12-25-26-13-15-33-20-30(26)38(29(25)19-24)31-10-3-4-14-34-31/h1-20H,21H2. The molecule has 0 amide bonds. The zero-order chi connectivity index (χ0) is 25.8. The molecular weight excluding hydrogens is 484 g/mol. The number of rotatable bonds is 4. The van der Waals surface area contributed by atoms with Crippen LogP contribution in [0.5, 0.6) is 11.5 Å². The summed E-state index contributed by atoms with van der Waals surface area (Å²) in [5, 5.41) is 2.25. The van der Waals surface area contributed by atoms with Gasteiger partial charge in [0.05, 0.1) is 22.9 Å². The van der Waals surface area contributed by atoms with Crippen molar-refractivity contribution < 1.29 is 4.74 Å². The topological polar surface area (TPSA) is 61.0 Å². The number of fused-ring (bicyclic) bond motifs is 6. The van der Waals surface area contributed by atoms with Crippen LogP contribution in [0.25, 0.3) is 39.0 Å².